The molecule has 0 spiro atoms. The summed E-state index contributed by atoms with van der Waals surface area (Å²) >= 11 is 0. The summed E-state index contributed by atoms with van der Waals surface area (Å²) in [6, 6.07) is 8.30. The molecule has 0 bridgehead atoms. The molecule has 2 rings (SSSR count). The van der Waals surface area contributed by atoms with Crippen molar-refractivity contribution in [2.24, 2.45) is 5.92 Å². The molecule has 1 atom stereocenters. The Labute approximate surface area is 140 Å². The van der Waals surface area contributed by atoms with E-state index < -0.39 is 6.29 Å². The minimum absolute atomic E-state index is 0.0190. The molecule has 130 valence electrons. The average molecular weight is 321 g/mol. The quantitative estimate of drug-likeness (QED) is 0.542. The Bertz CT molecular complexity index is 433. The van der Waals surface area contributed by atoms with Crippen LogP contribution in [0.3, 0.4) is 0 Å². The van der Waals surface area contributed by atoms with E-state index in [1.165, 1.54) is 24.8 Å². The first kappa shape index (κ1) is 18.2. The van der Waals surface area contributed by atoms with Crippen LogP contribution in [0.15, 0.2) is 24.3 Å². The van der Waals surface area contributed by atoms with Crippen molar-refractivity contribution in [1.82, 2.24) is 4.90 Å². The zero-order valence-corrected chi connectivity index (χ0v) is 14.3. The summed E-state index contributed by atoms with van der Waals surface area (Å²) < 4.78 is 5.77. The summed E-state index contributed by atoms with van der Waals surface area (Å²) in [5, 5.41) is 18.7. The number of unbranched alkanes of at least 4 members (excludes halogenated alkanes) is 3. The van der Waals surface area contributed by atoms with E-state index in [0.29, 0.717) is 0 Å². The van der Waals surface area contributed by atoms with Gasteiger partial charge in [-0.15, -0.1) is 0 Å². The molecule has 0 aliphatic carbocycles. The molecule has 1 aromatic rings. The number of aliphatic hydroxyl groups is 2. The number of nitrogens with zero attached hydrogens (tertiary/aromatic N) is 1. The molecule has 1 aliphatic rings. The summed E-state index contributed by atoms with van der Waals surface area (Å²) in [5.74, 6) is 0.919. The zero-order chi connectivity index (χ0) is 16.5. The number of hydrogen-bond acceptors (Lipinski definition) is 4. The van der Waals surface area contributed by atoms with Gasteiger partial charge in [0.25, 0.3) is 0 Å². The van der Waals surface area contributed by atoms with Crippen LogP contribution in [0.2, 0.25) is 0 Å². The normalized spacial score (nSPS) is 19.2. The highest BCUT2D eigenvalue weighted by Gasteiger charge is 2.24. The number of ether oxygens (including phenoxy) is 1. The Hall–Kier alpha value is -1.10. The molecule has 1 unspecified atom stereocenters. The molecular formula is C19H31NO3. The van der Waals surface area contributed by atoms with Crippen LogP contribution in [-0.2, 0) is 6.54 Å². The summed E-state index contributed by atoms with van der Waals surface area (Å²) in [6.45, 7) is 5.65. The molecule has 0 radical (unpaired) electrons. The second-order valence-electron chi connectivity index (χ2n) is 6.60. The van der Waals surface area contributed by atoms with E-state index in [0.717, 1.165) is 51.3 Å². The van der Waals surface area contributed by atoms with Gasteiger partial charge in [-0.05, 0) is 43.5 Å². The molecule has 0 aromatic heterocycles. The largest absolute Gasteiger partial charge is 0.494 e. The minimum atomic E-state index is -1.19. The fraction of sp³-hybridized carbons (Fsp3) is 0.684. The maximum absolute atomic E-state index is 9.35. The molecule has 4 nitrogen and oxygen atoms in total. The molecule has 0 saturated carbocycles. The Morgan fingerprint density at radius 3 is 2.65 bits per heavy atom. The smallest absolute Gasteiger partial charge is 0.155 e. The molecular weight excluding hydrogens is 290 g/mol. The topological polar surface area (TPSA) is 52.9 Å². The van der Waals surface area contributed by atoms with Crippen molar-refractivity contribution in [3.05, 3.63) is 29.8 Å². The third kappa shape index (κ3) is 6.50. The maximum atomic E-state index is 9.35. The fourth-order valence-electron chi connectivity index (χ4n) is 3.15. The number of benzene rings is 1. The van der Waals surface area contributed by atoms with Crippen molar-refractivity contribution >= 4 is 0 Å². The van der Waals surface area contributed by atoms with Crippen molar-refractivity contribution in [2.75, 3.05) is 19.7 Å². The summed E-state index contributed by atoms with van der Waals surface area (Å²) in [6.07, 6.45) is 5.62. The van der Waals surface area contributed by atoms with Crippen LogP contribution in [0.5, 0.6) is 5.75 Å². The molecule has 23 heavy (non-hydrogen) atoms. The van der Waals surface area contributed by atoms with Crippen LogP contribution in [0, 0.1) is 5.92 Å². The number of piperidine rings is 1. The van der Waals surface area contributed by atoms with Gasteiger partial charge >= 0.3 is 0 Å². The van der Waals surface area contributed by atoms with Gasteiger partial charge < -0.3 is 14.9 Å². The lowest BCUT2D eigenvalue weighted by Crippen LogP contribution is -2.39. The summed E-state index contributed by atoms with van der Waals surface area (Å²) in [5.41, 5.74) is 1.25. The first-order valence-electron chi connectivity index (χ1n) is 8.99. The van der Waals surface area contributed by atoms with Gasteiger partial charge in [-0.25, -0.2) is 0 Å². The lowest BCUT2D eigenvalue weighted by molar-refractivity contribution is -0.102. The van der Waals surface area contributed by atoms with Gasteiger partial charge in [-0.2, -0.15) is 0 Å². The Morgan fingerprint density at radius 2 is 1.96 bits per heavy atom. The third-order valence-corrected chi connectivity index (χ3v) is 4.56. The Balaban J connectivity index is 1.74. The molecule has 1 aromatic carbocycles. The molecule has 1 aliphatic heterocycles. The summed E-state index contributed by atoms with van der Waals surface area (Å²) in [7, 11) is 0. The zero-order valence-electron chi connectivity index (χ0n) is 14.3. The highest BCUT2D eigenvalue weighted by molar-refractivity contribution is 5.27. The average Bonchev–Trinajstić information content (AvgIpc) is 2.56. The van der Waals surface area contributed by atoms with E-state index in [2.05, 4.69) is 24.0 Å². The van der Waals surface area contributed by atoms with Gasteiger partial charge in [0.1, 0.15) is 5.75 Å². The monoisotopic (exact) mass is 321 g/mol. The van der Waals surface area contributed by atoms with Gasteiger partial charge in [0, 0.05) is 19.0 Å². The number of rotatable bonds is 9. The van der Waals surface area contributed by atoms with E-state index in [1.807, 2.05) is 12.1 Å². The number of hydrogen-bond donors (Lipinski definition) is 2. The molecule has 0 amide bonds. The lowest BCUT2D eigenvalue weighted by atomic mass is 9.97. The van der Waals surface area contributed by atoms with E-state index in [-0.39, 0.29) is 5.92 Å². The predicted octanol–water partition coefficient (Wildman–Crippen LogP) is 3.17. The third-order valence-electron chi connectivity index (χ3n) is 4.56. The number of aliphatic hydroxyl groups excluding tert-OH is 1. The lowest BCUT2D eigenvalue weighted by Gasteiger charge is -2.33. The highest BCUT2D eigenvalue weighted by atomic mass is 16.5. The fourth-order valence-corrected chi connectivity index (χ4v) is 3.15. The van der Waals surface area contributed by atoms with E-state index >= 15 is 0 Å². The second-order valence-corrected chi connectivity index (χ2v) is 6.60. The second kappa shape index (κ2) is 9.91. The highest BCUT2D eigenvalue weighted by Crippen LogP contribution is 2.21. The predicted molar refractivity (Wildman–Crippen MR) is 92.3 cm³/mol. The molecule has 2 N–H and O–H groups in total. The Kier molecular flexibility index (Phi) is 7.86. The Morgan fingerprint density at radius 1 is 1.17 bits per heavy atom. The van der Waals surface area contributed by atoms with E-state index in [4.69, 9.17) is 4.74 Å². The van der Waals surface area contributed by atoms with Crippen LogP contribution >= 0.6 is 0 Å². The van der Waals surface area contributed by atoms with Crippen LogP contribution < -0.4 is 4.74 Å². The van der Waals surface area contributed by atoms with Gasteiger partial charge in [-0.3, -0.25) is 4.90 Å². The van der Waals surface area contributed by atoms with Crippen molar-refractivity contribution < 1.29 is 14.9 Å². The first-order chi connectivity index (χ1) is 11.2. The molecule has 1 heterocycles. The maximum Gasteiger partial charge on any atom is 0.155 e. The molecule has 1 fully saturated rings. The van der Waals surface area contributed by atoms with Crippen LogP contribution in [0.4, 0.5) is 0 Å². The van der Waals surface area contributed by atoms with Gasteiger partial charge in [0.15, 0.2) is 6.29 Å². The van der Waals surface area contributed by atoms with Crippen LogP contribution in [-0.4, -0.2) is 41.1 Å². The van der Waals surface area contributed by atoms with E-state index in [9.17, 15) is 10.2 Å². The summed E-state index contributed by atoms with van der Waals surface area (Å²) in [4.78, 5) is 2.30. The minimum Gasteiger partial charge on any atom is -0.494 e. The standard InChI is InChI=1S/C19H31NO3/c1-2-3-4-5-13-23-18-10-8-16(9-11-18)14-20-12-6-7-17(15-20)19(21)22/h8-11,17,19,21-22H,2-7,12-15H2,1H3. The first-order valence-corrected chi connectivity index (χ1v) is 8.99. The van der Waals surface area contributed by atoms with E-state index in [1.54, 1.807) is 0 Å². The molecule has 4 heteroatoms. The van der Waals surface area contributed by atoms with Crippen molar-refractivity contribution in [1.29, 1.82) is 0 Å². The van der Waals surface area contributed by atoms with Crippen molar-refractivity contribution in [3.8, 4) is 5.75 Å². The number of likely N-dealkylation sites (tertiary alicyclic amines) is 1. The van der Waals surface area contributed by atoms with Crippen LogP contribution in [0.1, 0.15) is 51.0 Å². The van der Waals surface area contributed by atoms with Crippen molar-refractivity contribution in [3.63, 3.8) is 0 Å². The molecule has 1 saturated heterocycles. The van der Waals surface area contributed by atoms with Gasteiger partial charge in [0.05, 0.1) is 6.61 Å². The van der Waals surface area contributed by atoms with Crippen molar-refractivity contribution in [2.45, 2.75) is 58.3 Å². The SMILES string of the molecule is CCCCCCOc1ccc(CN2CCCC(C(O)O)C2)cc1. The van der Waals surface area contributed by atoms with Gasteiger partial charge in [0.2, 0.25) is 0 Å². The van der Waals surface area contributed by atoms with Crippen LogP contribution in [0.25, 0.3) is 0 Å². The van der Waals surface area contributed by atoms with Gasteiger partial charge in [-0.1, -0.05) is 38.3 Å².